The lowest BCUT2D eigenvalue weighted by atomic mass is 10.0. The maximum Gasteiger partial charge on any atom is 0.255 e. The third-order valence-electron chi connectivity index (χ3n) is 6.71. The maximum atomic E-state index is 13.2. The average molecular weight is 500 g/mol. The number of amides is 1. The number of aryl methyl sites for hydroxylation is 2. The molecule has 7 heteroatoms. The minimum atomic E-state index is -3.33. The quantitative estimate of drug-likeness (QED) is 0.368. The number of nitrogens with zero attached hydrogens (tertiary/aromatic N) is 2. The van der Waals surface area contributed by atoms with Crippen molar-refractivity contribution in [2.75, 3.05) is 21.9 Å². The minimum Gasteiger partial charge on any atom is -0.322 e. The minimum absolute atomic E-state index is 0.163. The number of aromatic nitrogens is 1. The van der Waals surface area contributed by atoms with Crippen LogP contribution < -0.4 is 9.62 Å². The molecule has 1 aliphatic rings. The van der Waals surface area contributed by atoms with Crippen LogP contribution in [0.2, 0.25) is 0 Å². The van der Waals surface area contributed by atoms with Crippen molar-refractivity contribution in [3.8, 4) is 11.3 Å². The SMILES string of the molecule is Cc1cc(N2CCCCCS2(=O)=O)ccc1C(=O)Nc1ccc(C)c(-c2ccc3ccccc3n2)c1. The van der Waals surface area contributed by atoms with Crippen molar-refractivity contribution in [2.45, 2.75) is 33.1 Å². The zero-order valence-electron chi connectivity index (χ0n) is 20.5. The Kier molecular flexibility index (Phi) is 6.49. The molecule has 184 valence electrons. The van der Waals surface area contributed by atoms with Crippen LogP contribution in [0.15, 0.2) is 72.8 Å². The highest BCUT2D eigenvalue weighted by Crippen LogP contribution is 2.29. The highest BCUT2D eigenvalue weighted by Gasteiger charge is 2.25. The van der Waals surface area contributed by atoms with E-state index in [1.165, 1.54) is 4.31 Å². The van der Waals surface area contributed by atoms with Gasteiger partial charge in [-0.05, 0) is 80.3 Å². The van der Waals surface area contributed by atoms with Gasteiger partial charge in [-0.15, -0.1) is 0 Å². The summed E-state index contributed by atoms with van der Waals surface area (Å²) in [6.45, 7) is 4.34. The van der Waals surface area contributed by atoms with Crippen molar-refractivity contribution in [1.82, 2.24) is 4.98 Å². The number of para-hydroxylation sites is 1. The first-order chi connectivity index (χ1) is 17.3. The molecule has 0 radical (unpaired) electrons. The van der Waals surface area contributed by atoms with Gasteiger partial charge in [-0.1, -0.05) is 36.8 Å². The molecule has 0 spiro atoms. The summed E-state index contributed by atoms with van der Waals surface area (Å²) in [6.07, 6.45) is 2.43. The molecule has 36 heavy (non-hydrogen) atoms. The van der Waals surface area contributed by atoms with Gasteiger partial charge in [0.1, 0.15) is 0 Å². The molecule has 0 atom stereocenters. The van der Waals surface area contributed by atoms with E-state index < -0.39 is 10.0 Å². The van der Waals surface area contributed by atoms with Crippen LogP contribution in [0, 0.1) is 13.8 Å². The lowest BCUT2D eigenvalue weighted by molar-refractivity contribution is 0.102. The predicted octanol–water partition coefficient (Wildman–Crippen LogP) is 6.09. The summed E-state index contributed by atoms with van der Waals surface area (Å²) in [5.74, 6) is -0.0742. The molecule has 3 aromatic carbocycles. The van der Waals surface area contributed by atoms with Crippen molar-refractivity contribution in [3.63, 3.8) is 0 Å². The highest BCUT2D eigenvalue weighted by atomic mass is 32.2. The fourth-order valence-electron chi connectivity index (χ4n) is 4.70. The molecule has 1 aromatic heterocycles. The lowest BCUT2D eigenvalue weighted by Gasteiger charge is -2.23. The Bertz CT molecular complexity index is 1560. The Hall–Kier alpha value is -3.71. The van der Waals surface area contributed by atoms with Gasteiger partial charge in [0.2, 0.25) is 10.0 Å². The number of hydrogen-bond acceptors (Lipinski definition) is 4. The third kappa shape index (κ3) is 4.84. The number of rotatable bonds is 4. The van der Waals surface area contributed by atoms with E-state index in [0.29, 0.717) is 29.9 Å². The van der Waals surface area contributed by atoms with E-state index in [-0.39, 0.29) is 11.7 Å². The number of fused-ring (bicyclic) bond motifs is 1. The van der Waals surface area contributed by atoms with Crippen molar-refractivity contribution in [1.29, 1.82) is 0 Å². The molecule has 0 saturated carbocycles. The number of pyridine rings is 1. The average Bonchev–Trinajstić information content (AvgIpc) is 3.04. The summed E-state index contributed by atoms with van der Waals surface area (Å²) in [4.78, 5) is 18.0. The zero-order chi connectivity index (χ0) is 25.3. The fraction of sp³-hybridized carbons (Fsp3) is 0.241. The monoisotopic (exact) mass is 499 g/mol. The Morgan fingerprint density at radius 3 is 2.56 bits per heavy atom. The molecule has 1 amide bonds. The molecule has 4 aromatic rings. The summed E-state index contributed by atoms with van der Waals surface area (Å²) in [6, 6.07) is 23.1. The number of sulfonamides is 1. The molecule has 6 nitrogen and oxygen atoms in total. The largest absolute Gasteiger partial charge is 0.322 e. The van der Waals surface area contributed by atoms with Crippen LogP contribution in [0.4, 0.5) is 11.4 Å². The van der Waals surface area contributed by atoms with Crippen LogP contribution in [0.3, 0.4) is 0 Å². The second-order valence-electron chi connectivity index (χ2n) is 9.32. The first kappa shape index (κ1) is 24.0. The topological polar surface area (TPSA) is 79.4 Å². The summed E-state index contributed by atoms with van der Waals surface area (Å²) in [7, 11) is -3.33. The van der Waals surface area contributed by atoms with Crippen LogP contribution in [0.25, 0.3) is 22.2 Å². The summed E-state index contributed by atoms with van der Waals surface area (Å²) >= 11 is 0. The summed E-state index contributed by atoms with van der Waals surface area (Å²) in [5, 5.41) is 4.08. The van der Waals surface area contributed by atoms with E-state index >= 15 is 0 Å². The second-order valence-corrected chi connectivity index (χ2v) is 11.3. The van der Waals surface area contributed by atoms with Crippen LogP contribution in [0.1, 0.15) is 40.7 Å². The number of benzene rings is 3. The number of anilines is 2. The second kappa shape index (κ2) is 9.74. The molecular weight excluding hydrogens is 470 g/mol. The maximum absolute atomic E-state index is 13.2. The van der Waals surface area contributed by atoms with Gasteiger partial charge in [-0.3, -0.25) is 9.10 Å². The van der Waals surface area contributed by atoms with Gasteiger partial charge in [0.05, 0.1) is 22.7 Å². The van der Waals surface area contributed by atoms with Gasteiger partial charge in [-0.25, -0.2) is 13.4 Å². The summed E-state index contributed by atoms with van der Waals surface area (Å²) < 4.78 is 26.8. The van der Waals surface area contributed by atoms with Gasteiger partial charge in [0, 0.05) is 28.7 Å². The van der Waals surface area contributed by atoms with E-state index in [1.54, 1.807) is 18.2 Å². The third-order valence-corrected chi connectivity index (χ3v) is 8.58. The molecule has 1 fully saturated rings. The standard InChI is InChI=1S/C29H29N3O3S/c1-20-10-12-23(19-26(20)28-15-11-22-8-4-5-9-27(22)31-28)30-29(33)25-14-13-24(18-21(25)2)32-16-6-3-7-17-36(32,34)35/h4-5,8-15,18-19H,3,6-7,16-17H2,1-2H3,(H,30,33). The van der Waals surface area contributed by atoms with Crippen molar-refractivity contribution in [2.24, 2.45) is 0 Å². The van der Waals surface area contributed by atoms with Crippen LogP contribution in [0.5, 0.6) is 0 Å². The molecular formula is C29H29N3O3S. The van der Waals surface area contributed by atoms with E-state index in [0.717, 1.165) is 46.1 Å². The number of nitrogens with one attached hydrogen (secondary N) is 1. The van der Waals surface area contributed by atoms with E-state index in [9.17, 15) is 13.2 Å². The molecule has 1 saturated heterocycles. The molecule has 0 aliphatic carbocycles. The normalized spacial score (nSPS) is 15.4. The van der Waals surface area contributed by atoms with Crippen molar-refractivity contribution < 1.29 is 13.2 Å². The van der Waals surface area contributed by atoms with E-state index in [2.05, 4.69) is 11.4 Å². The molecule has 1 aliphatic heterocycles. The molecule has 0 unspecified atom stereocenters. The first-order valence-corrected chi connectivity index (χ1v) is 13.8. The van der Waals surface area contributed by atoms with Gasteiger partial charge in [0.25, 0.3) is 5.91 Å². The Morgan fingerprint density at radius 1 is 0.889 bits per heavy atom. The predicted molar refractivity (Wildman–Crippen MR) is 146 cm³/mol. The number of hydrogen-bond donors (Lipinski definition) is 1. The molecule has 5 rings (SSSR count). The molecule has 1 N–H and O–H groups in total. The van der Waals surface area contributed by atoms with Gasteiger partial charge < -0.3 is 5.32 Å². The van der Waals surface area contributed by atoms with Gasteiger partial charge in [0.15, 0.2) is 0 Å². The van der Waals surface area contributed by atoms with Crippen LogP contribution >= 0.6 is 0 Å². The fourth-order valence-corrected chi connectivity index (χ4v) is 6.33. The van der Waals surface area contributed by atoms with Crippen molar-refractivity contribution in [3.05, 3.63) is 89.5 Å². The van der Waals surface area contributed by atoms with Gasteiger partial charge >= 0.3 is 0 Å². The van der Waals surface area contributed by atoms with Crippen LogP contribution in [-0.4, -0.2) is 31.6 Å². The van der Waals surface area contributed by atoms with Crippen LogP contribution in [-0.2, 0) is 10.0 Å². The lowest BCUT2D eigenvalue weighted by Crippen LogP contribution is -2.32. The Labute approximate surface area is 212 Å². The Balaban J connectivity index is 1.39. The number of carbonyl (C=O) groups is 1. The molecule has 0 bridgehead atoms. The highest BCUT2D eigenvalue weighted by molar-refractivity contribution is 7.92. The van der Waals surface area contributed by atoms with Gasteiger partial charge in [-0.2, -0.15) is 0 Å². The smallest absolute Gasteiger partial charge is 0.255 e. The Morgan fingerprint density at radius 2 is 1.72 bits per heavy atom. The first-order valence-electron chi connectivity index (χ1n) is 12.2. The summed E-state index contributed by atoms with van der Waals surface area (Å²) in [5.41, 5.74) is 6.32. The van der Waals surface area contributed by atoms with E-state index in [4.69, 9.17) is 4.98 Å². The number of carbonyl (C=O) groups excluding carboxylic acids is 1. The zero-order valence-corrected chi connectivity index (χ0v) is 21.3. The molecule has 2 heterocycles. The van der Waals surface area contributed by atoms with Crippen molar-refractivity contribution >= 4 is 38.2 Å². The van der Waals surface area contributed by atoms with E-state index in [1.807, 2.05) is 62.4 Å².